The van der Waals surface area contributed by atoms with Gasteiger partial charge >= 0.3 is 0 Å². The van der Waals surface area contributed by atoms with Crippen molar-refractivity contribution < 1.29 is 9.47 Å². The van der Waals surface area contributed by atoms with Crippen molar-refractivity contribution in [3.05, 3.63) is 53.6 Å². The molecular formula is C15H16N2O2. The Morgan fingerprint density at radius 3 is 2.26 bits per heavy atom. The maximum Gasteiger partial charge on any atom is 0.138 e. The van der Waals surface area contributed by atoms with Gasteiger partial charge in [0, 0.05) is 0 Å². The third-order valence-electron chi connectivity index (χ3n) is 2.71. The number of nitrogens with one attached hydrogen (secondary N) is 1. The van der Waals surface area contributed by atoms with Crippen LogP contribution in [0.2, 0.25) is 0 Å². The fraction of sp³-hybridized carbons (Fsp3) is 0.133. The molecule has 0 saturated carbocycles. The van der Waals surface area contributed by atoms with Gasteiger partial charge in [0.1, 0.15) is 23.1 Å². The molecule has 0 unspecified atom stereocenters. The summed E-state index contributed by atoms with van der Waals surface area (Å²) in [6.45, 7) is 1.95. The highest BCUT2D eigenvalue weighted by Crippen LogP contribution is 2.27. The van der Waals surface area contributed by atoms with Crippen molar-refractivity contribution in [1.29, 1.82) is 5.41 Å². The molecule has 0 amide bonds. The largest absolute Gasteiger partial charge is 0.497 e. The van der Waals surface area contributed by atoms with Crippen molar-refractivity contribution in [2.24, 2.45) is 5.73 Å². The topological polar surface area (TPSA) is 68.3 Å². The van der Waals surface area contributed by atoms with Gasteiger partial charge in [-0.05, 0) is 43.3 Å². The summed E-state index contributed by atoms with van der Waals surface area (Å²) in [4.78, 5) is 0. The number of methoxy groups -OCH3 is 1. The first-order chi connectivity index (χ1) is 9.10. The van der Waals surface area contributed by atoms with Gasteiger partial charge in [0.15, 0.2) is 0 Å². The highest BCUT2D eigenvalue weighted by atomic mass is 16.5. The fourth-order valence-electron chi connectivity index (χ4n) is 1.71. The van der Waals surface area contributed by atoms with E-state index in [0.717, 1.165) is 11.3 Å². The summed E-state index contributed by atoms with van der Waals surface area (Å²) in [7, 11) is 1.61. The summed E-state index contributed by atoms with van der Waals surface area (Å²) in [5.41, 5.74) is 7.19. The molecule has 0 aliphatic carbocycles. The average molecular weight is 256 g/mol. The smallest absolute Gasteiger partial charge is 0.138 e. The van der Waals surface area contributed by atoms with Crippen molar-refractivity contribution in [1.82, 2.24) is 0 Å². The van der Waals surface area contributed by atoms with Crippen LogP contribution in [0.25, 0.3) is 0 Å². The van der Waals surface area contributed by atoms with E-state index in [2.05, 4.69) is 0 Å². The summed E-state index contributed by atoms with van der Waals surface area (Å²) in [5.74, 6) is 2.01. The number of hydrogen-bond acceptors (Lipinski definition) is 3. The molecule has 2 aromatic carbocycles. The van der Waals surface area contributed by atoms with Crippen LogP contribution >= 0.6 is 0 Å². The maximum absolute atomic E-state index is 7.58. The lowest BCUT2D eigenvalue weighted by Crippen LogP contribution is -2.12. The Hall–Kier alpha value is -2.49. The molecule has 2 aromatic rings. The molecule has 98 valence electrons. The monoisotopic (exact) mass is 256 g/mol. The van der Waals surface area contributed by atoms with E-state index in [4.69, 9.17) is 20.6 Å². The SMILES string of the molecule is COc1ccc(Oc2ccc(C)cc2C(=N)N)cc1. The van der Waals surface area contributed by atoms with Gasteiger partial charge in [-0.3, -0.25) is 5.41 Å². The standard InChI is InChI=1S/C15H16N2O2/c1-10-3-8-14(13(9-10)15(16)17)19-12-6-4-11(18-2)5-7-12/h3-9H,1-2H3,(H3,16,17). The molecule has 0 aliphatic heterocycles. The number of nitrogen functional groups attached to an aromatic ring is 1. The van der Waals surface area contributed by atoms with E-state index in [9.17, 15) is 0 Å². The molecule has 4 nitrogen and oxygen atoms in total. The van der Waals surface area contributed by atoms with Gasteiger partial charge in [0.2, 0.25) is 0 Å². The lowest BCUT2D eigenvalue weighted by Gasteiger charge is -2.11. The van der Waals surface area contributed by atoms with E-state index in [1.54, 1.807) is 7.11 Å². The van der Waals surface area contributed by atoms with Crippen molar-refractivity contribution in [3.8, 4) is 17.2 Å². The second-order valence-corrected chi connectivity index (χ2v) is 4.19. The number of aryl methyl sites for hydroxylation is 1. The molecule has 0 fully saturated rings. The number of nitrogens with two attached hydrogens (primary N) is 1. The number of benzene rings is 2. The third-order valence-corrected chi connectivity index (χ3v) is 2.71. The first-order valence-corrected chi connectivity index (χ1v) is 5.87. The van der Waals surface area contributed by atoms with Crippen molar-refractivity contribution in [2.75, 3.05) is 7.11 Å². The van der Waals surface area contributed by atoms with Crippen LogP contribution in [0.15, 0.2) is 42.5 Å². The van der Waals surface area contributed by atoms with Gasteiger partial charge in [0.05, 0.1) is 12.7 Å². The van der Waals surface area contributed by atoms with Crippen LogP contribution in [0, 0.1) is 12.3 Å². The first-order valence-electron chi connectivity index (χ1n) is 5.87. The van der Waals surface area contributed by atoms with Crippen molar-refractivity contribution >= 4 is 5.84 Å². The van der Waals surface area contributed by atoms with E-state index in [-0.39, 0.29) is 5.84 Å². The molecule has 0 spiro atoms. The average Bonchev–Trinajstić information content (AvgIpc) is 2.41. The first kappa shape index (κ1) is 13.0. The zero-order valence-electron chi connectivity index (χ0n) is 10.9. The number of amidine groups is 1. The summed E-state index contributed by atoms with van der Waals surface area (Å²) in [6.07, 6.45) is 0. The van der Waals surface area contributed by atoms with Gasteiger partial charge in [-0.2, -0.15) is 0 Å². The molecule has 4 heteroatoms. The normalized spacial score (nSPS) is 10.0. The molecule has 0 bridgehead atoms. The van der Waals surface area contributed by atoms with Gasteiger partial charge in [0.25, 0.3) is 0 Å². The Morgan fingerprint density at radius 1 is 1.05 bits per heavy atom. The van der Waals surface area contributed by atoms with Crippen LogP contribution < -0.4 is 15.2 Å². The Bertz CT molecular complexity index is 592. The Balaban J connectivity index is 2.29. The minimum atomic E-state index is -0.00721. The predicted molar refractivity (Wildman–Crippen MR) is 75.3 cm³/mol. The van der Waals surface area contributed by atoms with Crippen LogP contribution in [-0.2, 0) is 0 Å². The predicted octanol–water partition coefficient (Wildman–Crippen LogP) is 3.08. The second-order valence-electron chi connectivity index (χ2n) is 4.19. The second kappa shape index (κ2) is 5.44. The molecule has 0 radical (unpaired) electrons. The fourth-order valence-corrected chi connectivity index (χ4v) is 1.71. The summed E-state index contributed by atoms with van der Waals surface area (Å²) >= 11 is 0. The van der Waals surface area contributed by atoms with Crippen LogP contribution in [0.3, 0.4) is 0 Å². The molecule has 0 aromatic heterocycles. The molecule has 3 N–H and O–H groups in total. The van der Waals surface area contributed by atoms with E-state index in [1.807, 2.05) is 49.4 Å². The minimum Gasteiger partial charge on any atom is -0.497 e. The Morgan fingerprint density at radius 2 is 1.68 bits per heavy atom. The lowest BCUT2D eigenvalue weighted by atomic mass is 10.1. The summed E-state index contributed by atoms with van der Waals surface area (Å²) < 4.78 is 10.8. The van der Waals surface area contributed by atoms with Gasteiger partial charge in [-0.25, -0.2) is 0 Å². The Labute approximate surface area is 112 Å². The van der Waals surface area contributed by atoms with Gasteiger partial charge in [-0.1, -0.05) is 11.6 Å². The molecule has 2 rings (SSSR count). The van der Waals surface area contributed by atoms with E-state index in [0.29, 0.717) is 17.1 Å². The third kappa shape index (κ3) is 3.04. The van der Waals surface area contributed by atoms with E-state index >= 15 is 0 Å². The number of hydrogen-bond donors (Lipinski definition) is 2. The zero-order valence-corrected chi connectivity index (χ0v) is 10.9. The van der Waals surface area contributed by atoms with Crippen molar-refractivity contribution in [2.45, 2.75) is 6.92 Å². The van der Waals surface area contributed by atoms with Crippen LogP contribution in [0.1, 0.15) is 11.1 Å². The molecule has 0 aliphatic rings. The van der Waals surface area contributed by atoms with Gasteiger partial charge < -0.3 is 15.2 Å². The van der Waals surface area contributed by atoms with Crippen LogP contribution in [-0.4, -0.2) is 12.9 Å². The quantitative estimate of drug-likeness (QED) is 0.652. The maximum atomic E-state index is 7.58. The highest BCUT2D eigenvalue weighted by molar-refractivity contribution is 5.97. The van der Waals surface area contributed by atoms with Crippen LogP contribution in [0.5, 0.6) is 17.2 Å². The summed E-state index contributed by atoms with van der Waals surface area (Å²) in [5, 5.41) is 7.58. The molecule has 19 heavy (non-hydrogen) atoms. The van der Waals surface area contributed by atoms with E-state index in [1.165, 1.54) is 0 Å². The molecular weight excluding hydrogens is 240 g/mol. The van der Waals surface area contributed by atoms with Gasteiger partial charge in [-0.15, -0.1) is 0 Å². The molecule has 0 atom stereocenters. The number of rotatable bonds is 4. The van der Waals surface area contributed by atoms with Crippen molar-refractivity contribution in [3.63, 3.8) is 0 Å². The van der Waals surface area contributed by atoms with E-state index < -0.39 is 0 Å². The molecule has 0 heterocycles. The molecule has 0 saturated heterocycles. The highest BCUT2D eigenvalue weighted by Gasteiger charge is 2.08. The zero-order chi connectivity index (χ0) is 13.8. The lowest BCUT2D eigenvalue weighted by molar-refractivity contribution is 0.413. The Kier molecular flexibility index (Phi) is 3.71. The number of ether oxygens (including phenoxy) is 2. The van der Waals surface area contributed by atoms with Crippen LogP contribution in [0.4, 0.5) is 0 Å². The summed E-state index contributed by atoms with van der Waals surface area (Å²) in [6, 6.07) is 12.8. The minimum absolute atomic E-state index is 0.00721.